The van der Waals surface area contributed by atoms with Gasteiger partial charge in [-0.1, -0.05) is 42.5 Å². The molecule has 0 aliphatic carbocycles. The maximum atomic E-state index is 13.8. The Morgan fingerprint density at radius 1 is 1.04 bits per heavy atom. The van der Waals surface area contributed by atoms with Gasteiger partial charge in [-0.05, 0) is 42.2 Å². The topological polar surface area (TPSA) is 62.2 Å². The molecule has 26 heavy (non-hydrogen) atoms. The van der Waals surface area contributed by atoms with Crippen LogP contribution in [0.15, 0.2) is 66.9 Å². The smallest absolute Gasteiger partial charge is 0.256 e. The molecule has 3 rings (SSSR count). The van der Waals surface area contributed by atoms with Crippen molar-refractivity contribution in [2.75, 3.05) is 6.54 Å². The molecule has 2 aromatic carbocycles. The second-order valence-corrected chi connectivity index (χ2v) is 5.91. The van der Waals surface area contributed by atoms with Gasteiger partial charge in [0.1, 0.15) is 11.4 Å². The van der Waals surface area contributed by atoms with Crippen LogP contribution in [-0.2, 0) is 6.42 Å². The molecule has 0 atom stereocenters. The maximum Gasteiger partial charge on any atom is 0.256 e. The first-order chi connectivity index (χ1) is 12.6. The van der Waals surface area contributed by atoms with Gasteiger partial charge in [-0.25, -0.2) is 9.37 Å². The molecule has 0 spiro atoms. The molecule has 1 heterocycles. The Kier molecular flexibility index (Phi) is 5.59. The van der Waals surface area contributed by atoms with E-state index < -0.39 is 0 Å². The van der Waals surface area contributed by atoms with Crippen LogP contribution >= 0.6 is 0 Å². The van der Waals surface area contributed by atoms with Crippen molar-refractivity contribution in [3.63, 3.8) is 0 Å². The van der Waals surface area contributed by atoms with Crippen molar-refractivity contribution in [3.05, 3.63) is 83.8 Å². The largest absolute Gasteiger partial charge is 0.493 e. The summed E-state index contributed by atoms with van der Waals surface area (Å²) < 4.78 is 13.8. The van der Waals surface area contributed by atoms with Crippen LogP contribution in [0.3, 0.4) is 0 Å². The van der Waals surface area contributed by atoms with Crippen molar-refractivity contribution in [2.24, 2.45) is 0 Å². The van der Waals surface area contributed by atoms with Gasteiger partial charge in [0.05, 0.1) is 0 Å². The highest BCUT2D eigenvalue weighted by atomic mass is 19.1. The summed E-state index contributed by atoms with van der Waals surface area (Å²) in [6.07, 6.45) is 2.97. The minimum Gasteiger partial charge on any atom is -0.493 e. The fourth-order valence-electron chi connectivity index (χ4n) is 2.71. The van der Waals surface area contributed by atoms with Crippen molar-refractivity contribution < 1.29 is 14.3 Å². The average molecular weight is 350 g/mol. The number of benzene rings is 2. The molecule has 2 N–H and O–H groups in total. The molecule has 5 heteroatoms. The second-order valence-electron chi connectivity index (χ2n) is 5.91. The summed E-state index contributed by atoms with van der Waals surface area (Å²) in [5.41, 5.74) is 2.71. The van der Waals surface area contributed by atoms with Crippen molar-refractivity contribution in [2.45, 2.75) is 12.8 Å². The van der Waals surface area contributed by atoms with E-state index in [0.717, 1.165) is 24.0 Å². The maximum absolute atomic E-state index is 13.8. The summed E-state index contributed by atoms with van der Waals surface area (Å²) in [6, 6.07) is 17.6. The molecule has 1 aromatic heterocycles. The highest BCUT2D eigenvalue weighted by molar-refractivity contribution is 5.96. The lowest BCUT2D eigenvalue weighted by atomic mass is 10.0. The SMILES string of the molecule is O=C(NCCCc1ccc(-c2ccccc2F)cc1)c1cccnc1O. The first-order valence-electron chi connectivity index (χ1n) is 8.41. The van der Waals surface area contributed by atoms with E-state index >= 15 is 0 Å². The molecule has 0 saturated heterocycles. The number of nitrogens with one attached hydrogen (secondary N) is 1. The quantitative estimate of drug-likeness (QED) is 0.662. The number of aromatic nitrogens is 1. The van der Waals surface area contributed by atoms with Crippen molar-refractivity contribution >= 4 is 5.91 Å². The first kappa shape index (κ1) is 17.6. The highest BCUT2D eigenvalue weighted by Gasteiger charge is 2.10. The van der Waals surface area contributed by atoms with Crippen molar-refractivity contribution in [1.82, 2.24) is 10.3 Å². The minimum atomic E-state index is -0.342. The van der Waals surface area contributed by atoms with E-state index in [1.807, 2.05) is 30.3 Å². The number of aryl methyl sites for hydroxylation is 1. The third-order valence-electron chi connectivity index (χ3n) is 4.10. The molecular weight excluding hydrogens is 331 g/mol. The monoisotopic (exact) mass is 350 g/mol. The first-order valence-corrected chi connectivity index (χ1v) is 8.41. The van der Waals surface area contributed by atoms with E-state index in [1.165, 1.54) is 18.3 Å². The van der Waals surface area contributed by atoms with Gasteiger partial charge in [0.25, 0.3) is 5.91 Å². The van der Waals surface area contributed by atoms with Crippen molar-refractivity contribution in [1.29, 1.82) is 0 Å². The Labute approximate surface area is 151 Å². The Hall–Kier alpha value is -3.21. The van der Waals surface area contributed by atoms with Gasteiger partial charge in [0.15, 0.2) is 0 Å². The molecule has 0 saturated carbocycles. The molecule has 0 fully saturated rings. The molecule has 4 nitrogen and oxygen atoms in total. The minimum absolute atomic E-state index is 0.168. The third-order valence-corrected chi connectivity index (χ3v) is 4.10. The number of aromatic hydroxyl groups is 1. The fourth-order valence-corrected chi connectivity index (χ4v) is 2.71. The van der Waals surface area contributed by atoms with Crippen LogP contribution in [0.25, 0.3) is 11.1 Å². The lowest BCUT2D eigenvalue weighted by molar-refractivity contribution is 0.0950. The molecule has 132 valence electrons. The predicted octanol–water partition coefficient (Wildman–Crippen LogP) is 3.96. The van der Waals surface area contributed by atoms with Crippen LogP contribution in [0.4, 0.5) is 4.39 Å². The third kappa shape index (κ3) is 4.25. The number of halogens is 1. The lowest BCUT2D eigenvalue weighted by Gasteiger charge is -2.07. The summed E-state index contributed by atoms with van der Waals surface area (Å²) in [5, 5.41) is 12.3. The summed E-state index contributed by atoms with van der Waals surface area (Å²) in [6.45, 7) is 0.488. The standard InChI is InChI=1S/C21H19FN2O2/c22-19-8-2-1-6-17(19)16-11-9-15(10-12-16)5-3-13-23-20(25)18-7-4-14-24-21(18)26/h1-2,4,6-12,14H,3,5,13H2,(H,23,25)(H,24,26). The normalized spacial score (nSPS) is 10.5. The predicted molar refractivity (Wildman–Crippen MR) is 98.4 cm³/mol. The van der Waals surface area contributed by atoms with E-state index in [1.54, 1.807) is 18.2 Å². The number of hydrogen-bond acceptors (Lipinski definition) is 3. The lowest BCUT2D eigenvalue weighted by Crippen LogP contribution is -2.25. The average Bonchev–Trinajstić information content (AvgIpc) is 2.66. The number of nitrogens with zero attached hydrogens (tertiary/aromatic N) is 1. The molecular formula is C21H19FN2O2. The number of rotatable bonds is 6. The summed E-state index contributed by atoms with van der Waals surface area (Å²) in [5.74, 6) is -0.846. The number of carbonyl (C=O) groups excluding carboxylic acids is 1. The Bertz CT molecular complexity index is 895. The van der Waals surface area contributed by atoms with Crippen LogP contribution in [0.5, 0.6) is 5.88 Å². The van der Waals surface area contributed by atoms with Gasteiger partial charge in [-0.3, -0.25) is 4.79 Å². The zero-order valence-corrected chi connectivity index (χ0v) is 14.2. The van der Waals surface area contributed by atoms with E-state index in [2.05, 4.69) is 10.3 Å². The summed E-state index contributed by atoms with van der Waals surface area (Å²) in [4.78, 5) is 15.6. The van der Waals surface area contributed by atoms with Crippen molar-refractivity contribution in [3.8, 4) is 17.0 Å². The Balaban J connectivity index is 1.51. The Morgan fingerprint density at radius 2 is 1.81 bits per heavy atom. The van der Waals surface area contributed by atoms with E-state index in [9.17, 15) is 14.3 Å². The molecule has 0 radical (unpaired) electrons. The van der Waals surface area contributed by atoms with Crippen LogP contribution in [0, 0.1) is 5.82 Å². The van der Waals surface area contributed by atoms with E-state index in [0.29, 0.717) is 12.1 Å². The molecule has 0 unspecified atom stereocenters. The van der Waals surface area contributed by atoms with Gasteiger partial charge in [-0.2, -0.15) is 0 Å². The van der Waals surface area contributed by atoms with Gasteiger partial charge in [-0.15, -0.1) is 0 Å². The van der Waals surface area contributed by atoms with Gasteiger partial charge in [0, 0.05) is 18.3 Å². The number of carbonyl (C=O) groups is 1. The highest BCUT2D eigenvalue weighted by Crippen LogP contribution is 2.23. The molecule has 1 amide bonds. The summed E-state index contributed by atoms with van der Waals surface area (Å²) >= 11 is 0. The zero-order valence-electron chi connectivity index (χ0n) is 14.2. The van der Waals surface area contributed by atoms with Crippen LogP contribution < -0.4 is 5.32 Å². The Morgan fingerprint density at radius 3 is 2.54 bits per heavy atom. The fraction of sp³-hybridized carbons (Fsp3) is 0.143. The van der Waals surface area contributed by atoms with Crippen LogP contribution in [-0.4, -0.2) is 22.5 Å². The van der Waals surface area contributed by atoms with Crippen LogP contribution in [0.2, 0.25) is 0 Å². The second kappa shape index (κ2) is 8.25. The molecule has 0 aliphatic heterocycles. The number of hydrogen-bond donors (Lipinski definition) is 2. The van der Waals surface area contributed by atoms with E-state index in [-0.39, 0.29) is 23.2 Å². The molecule has 0 aliphatic rings. The summed E-state index contributed by atoms with van der Waals surface area (Å²) in [7, 11) is 0. The number of amides is 1. The van der Waals surface area contributed by atoms with Gasteiger partial charge >= 0.3 is 0 Å². The van der Waals surface area contributed by atoms with Crippen LogP contribution in [0.1, 0.15) is 22.3 Å². The molecule has 0 bridgehead atoms. The van der Waals surface area contributed by atoms with E-state index in [4.69, 9.17) is 0 Å². The zero-order chi connectivity index (χ0) is 18.4. The van der Waals surface area contributed by atoms with Gasteiger partial charge < -0.3 is 10.4 Å². The molecule has 3 aromatic rings. The van der Waals surface area contributed by atoms with Gasteiger partial charge in [0.2, 0.25) is 5.88 Å². The number of pyridine rings is 1.